The second kappa shape index (κ2) is 4.92. The van der Waals surface area contributed by atoms with Crippen LogP contribution in [0.5, 0.6) is 17.2 Å². The van der Waals surface area contributed by atoms with Gasteiger partial charge in [-0.05, 0) is 18.2 Å². The summed E-state index contributed by atoms with van der Waals surface area (Å²) in [6.45, 7) is 0. The zero-order chi connectivity index (χ0) is 17.1. The third-order valence-corrected chi connectivity index (χ3v) is 4.71. The summed E-state index contributed by atoms with van der Waals surface area (Å²) in [6.07, 6.45) is 3.07. The molecule has 2 aliphatic heterocycles. The van der Waals surface area contributed by atoms with E-state index in [0.29, 0.717) is 39.2 Å². The smallest absolute Gasteiger partial charge is 0.250 e. The molecule has 0 radical (unpaired) electrons. The van der Waals surface area contributed by atoms with Gasteiger partial charge in [0.2, 0.25) is 5.43 Å². The Kier molecular flexibility index (Phi) is 2.80. The molecule has 3 heterocycles. The van der Waals surface area contributed by atoms with Crippen molar-refractivity contribution < 1.29 is 23.4 Å². The quantitative estimate of drug-likeness (QED) is 0.658. The van der Waals surface area contributed by atoms with E-state index in [9.17, 15) is 4.79 Å². The van der Waals surface area contributed by atoms with Gasteiger partial charge in [-0.15, -0.1) is 0 Å². The Bertz CT molecular complexity index is 1110. The van der Waals surface area contributed by atoms with Crippen LogP contribution in [0.3, 0.4) is 0 Å². The molecule has 2 aromatic carbocycles. The van der Waals surface area contributed by atoms with Gasteiger partial charge in [-0.25, -0.2) is 0 Å². The lowest BCUT2D eigenvalue weighted by molar-refractivity contribution is -0.00484. The molecule has 1 aromatic heterocycles. The number of benzene rings is 2. The van der Waals surface area contributed by atoms with Crippen LogP contribution in [0, 0.1) is 0 Å². The van der Waals surface area contributed by atoms with Crippen LogP contribution >= 0.6 is 0 Å². The predicted octanol–water partition coefficient (Wildman–Crippen LogP) is 3.31. The van der Waals surface area contributed by atoms with Gasteiger partial charge in [-0.3, -0.25) is 4.79 Å². The van der Waals surface area contributed by atoms with E-state index >= 15 is 0 Å². The molecular formula is C19H14O6. The van der Waals surface area contributed by atoms with E-state index in [2.05, 4.69) is 0 Å². The van der Waals surface area contributed by atoms with E-state index in [1.807, 2.05) is 6.08 Å². The first-order valence-corrected chi connectivity index (χ1v) is 7.86. The molecule has 0 saturated heterocycles. The Hall–Kier alpha value is -3.15. The van der Waals surface area contributed by atoms with Gasteiger partial charge in [0.15, 0.2) is 0 Å². The summed E-state index contributed by atoms with van der Waals surface area (Å²) in [5, 5.41) is 0.771. The highest BCUT2D eigenvalue weighted by molar-refractivity contribution is 5.98. The number of hydrogen-bond donors (Lipinski definition) is 0. The third kappa shape index (κ3) is 1.76. The molecule has 0 unspecified atom stereocenters. The fourth-order valence-electron chi connectivity index (χ4n) is 3.59. The average Bonchev–Trinajstić information content (AvgIpc) is 3.20. The highest BCUT2D eigenvalue weighted by Gasteiger charge is 2.40. The monoisotopic (exact) mass is 354 g/mol. The number of methoxy groups -OCH3 is 2. The van der Waals surface area contributed by atoms with Crippen LogP contribution in [-0.2, 0) is 4.74 Å². The van der Waals surface area contributed by atoms with Crippen molar-refractivity contribution in [2.45, 2.75) is 12.2 Å². The Labute approximate surface area is 142 Å². The van der Waals surface area contributed by atoms with Crippen molar-refractivity contribution in [1.29, 1.82) is 0 Å². The molecule has 6 heteroatoms. The first kappa shape index (κ1) is 14.2. The molecule has 0 bridgehead atoms. The van der Waals surface area contributed by atoms with Crippen LogP contribution in [0.25, 0.3) is 21.9 Å². The van der Waals surface area contributed by atoms with Gasteiger partial charge in [0.1, 0.15) is 39.2 Å². The van der Waals surface area contributed by atoms with Crippen molar-refractivity contribution >= 4 is 21.9 Å². The summed E-state index contributed by atoms with van der Waals surface area (Å²) in [6, 6.07) is 6.98. The Balaban J connectivity index is 1.98. The summed E-state index contributed by atoms with van der Waals surface area (Å²) in [5.41, 5.74) is 1.53. The normalized spacial score (nSPS) is 20.2. The fourth-order valence-corrected chi connectivity index (χ4v) is 3.59. The molecule has 2 atom stereocenters. The number of rotatable bonds is 2. The summed E-state index contributed by atoms with van der Waals surface area (Å²) in [7, 11) is 3.04. The number of hydrogen-bond acceptors (Lipinski definition) is 6. The highest BCUT2D eigenvalue weighted by atomic mass is 16.8. The fraction of sp³-hybridized carbons (Fsp3) is 0.211. The van der Waals surface area contributed by atoms with Gasteiger partial charge in [-0.2, -0.15) is 0 Å². The molecule has 2 aliphatic rings. The molecule has 6 nitrogen and oxygen atoms in total. The van der Waals surface area contributed by atoms with E-state index in [1.165, 1.54) is 14.2 Å². The standard InChI is InChI=1S/C19H14O6/c1-21-10-4-3-5-11-15(10)17(20)16-12(22-2)8-13-14(18(16)24-11)9-6-7-23-19(9)25-13/h3-9,19H,1-2H3/t9-,19+/m0/s1/i4+2,5+2,7+2,8+2,9+2,14+2,15+2,16+2. The minimum Gasteiger partial charge on any atom is -0.496 e. The summed E-state index contributed by atoms with van der Waals surface area (Å²) in [5.74, 6) is 1.36. The molecule has 0 N–H and O–H groups in total. The average molecular weight is 354 g/mol. The molecular weight excluding hydrogens is 340 g/mol. The van der Waals surface area contributed by atoms with Crippen LogP contribution in [0.4, 0.5) is 0 Å². The number of ether oxygens (including phenoxy) is 4. The maximum atomic E-state index is 13.2. The van der Waals surface area contributed by atoms with Gasteiger partial charge < -0.3 is 23.4 Å². The zero-order valence-corrected chi connectivity index (χ0v) is 13.6. The molecule has 0 saturated carbocycles. The van der Waals surface area contributed by atoms with Crippen LogP contribution in [0.15, 0.2) is 45.8 Å². The van der Waals surface area contributed by atoms with E-state index < -0.39 is 6.29 Å². The second-order valence-electron chi connectivity index (χ2n) is 5.94. The van der Waals surface area contributed by atoms with Gasteiger partial charge in [0.25, 0.3) is 6.29 Å². The Morgan fingerprint density at radius 1 is 1.20 bits per heavy atom. The Morgan fingerprint density at radius 2 is 2.04 bits per heavy atom. The lowest BCUT2D eigenvalue weighted by Gasteiger charge is -2.12. The molecule has 0 fully saturated rings. The van der Waals surface area contributed by atoms with Gasteiger partial charge in [0.05, 0.1) is 32.0 Å². The zero-order valence-electron chi connectivity index (χ0n) is 13.6. The lowest BCUT2D eigenvalue weighted by Crippen LogP contribution is -2.14. The molecule has 5 rings (SSSR count). The molecule has 3 aromatic rings. The summed E-state index contributed by atoms with van der Waals surface area (Å²) < 4.78 is 28.2. The molecule has 0 amide bonds. The highest BCUT2D eigenvalue weighted by Crippen LogP contribution is 2.48. The first-order chi connectivity index (χ1) is 12.2. The molecule has 126 valence electrons. The van der Waals surface area contributed by atoms with E-state index in [1.54, 1.807) is 30.5 Å². The largest absolute Gasteiger partial charge is 0.496 e. The van der Waals surface area contributed by atoms with Crippen molar-refractivity contribution in [2.75, 3.05) is 14.2 Å². The van der Waals surface area contributed by atoms with Crippen molar-refractivity contribution in [3.63, 3.8) is 0 Å². The van der Waals surface area contributed by atoms with Crippen LogP contribution in [0.1, 0.15) is 11.5 Å². The van der Waals surface area contributed by atoms with E-state index in [4.69, 9.17) is 23.4 Å². The van der Waals surface area contributed by atoms with Gasteiger partial charge >= 0.3 is 0 Å². The van der Waals surface area contributed by atoms with Crippen molar-refractivity contribution in [3.05, 3.63) is 52.4 Å². The second-order valence-corrected chi connectivity index (χ2v) is 5.94. The maximum absolute atomic E-state index is 13.2. The van der Waals surface area contributed by atoms with E-state index in [0.717, 1.165) is 5.56 Å². The Morgan fingerprint density at radius 3 is 2.84 bits per heavy atom. The van der Waals surface area contributed by atoms with Crippen LogP contribution in [0.2, 0.25) is 0 Å². The molecule has 25 heavy (non-hydrogen) atoms. The summed E-state index contributed by atoms with van der Waals surface area (Å²) in [4.78, 5) is 13.2. The van der Waals surface area contributed by atoms with Crippen LogP contribution < -0.4 is 19.6 Å². The first-order valence-electron chi connectivity index (χ1n) is 7.86. The topological polar surface area (TPSA) is 67.1 Å². The lowest BCUT2D eigenvalue weighted by atomic mass is 10.8. The maximum Gasteiger partial charge on any atom is 0.250 e. The molecule has 0 aliphatic carbocycles. The summed E-state index contributed by atoms with van der Waals surface area (Å²) >= 11 is 0. The SMILES string of the molecule is COc1[14cH]c[14cH]c2oc3[14c]4c([14cH]c(OC)[14c]3c(=O)[14c]12)O[C@H]1O[14CH]=C[14C@H]14. The van der Waals surface area contributed by atoms with Gasteiger partial charge in [0, 0.05) is 6.07 Å². The van der Waals surface area contributed by atoms with Crippen molar-refractivity contribution in [2.24, 2.45) is 0 Å². The minimum absolute atomic E-state index is 0.116. The van der Waals surface area contributed by atoms with E-state index in [-0.39, 0.29) is 11.3 Å². The van der Waals surface area contributed by atoms with Crippen molar-refractivity contribution in [1.82, 2.24) is 0 Å². The van der Waals surface area contributed by atoms with Gasteiger partial charge in [-0.1, -0.05) is 6.07 Å². The van der Waals surface area contributed by atoms with Crippen molar-refractivity contribution in [3.8, 4) is 17.2 Å². The predicted molar refractivity (Wildman–Crippen MR) is 90.5 cm³/mol. The third-order valence-electron chi connectivity index (χ3n) is 4.71. The minimum atomic E-state index is -0.434. The number of fused-ring (bicyclic) bond motifs is 6. The van der Waals surface area contributed by atoms with Crippen LogP contribution in [-0.4, -0.2) is 20.5 Å². The molecule has 0 spiro atoms.